The predicted molar refractivity (Wildman–Crippen MR) is 171 cm³/mol. The monoisotopic (exact) mass is 530 g/mol. The number of hydrogen-bond donors (Lipinski definition) is 0. The van der Waals surface area contributed by atoms with Crippen molar-refractivity contribution in [1.29, 1.82) is 0 Å². The molecule has 5 aliphatic carbocycles. The average Bonchev–Trinajstić information content (AvgIpc) is 3.45. The fraction of sp³-hybridized carbons (Fsp3) is 0.231. The van der Waals surface area contributed by atoms with Crippen molar-refractivity contribution >= 4 is 22.3 Å². The third kappa shape index (κ3) is 3.70. The van der Waals surface area contributed by atoms with Crippen molar-refractivity contribution in [2.24, 2.45) is 5.92 Å². The summed E-state index contributed by atoms with van der Waals surface area (Å²) >= 11 is 0. The van der Waals surface area contributed by atoms with E-state index in [-0.39, 0.29) is 5.41 Å². The van der Waals surface area contributed by atoms with E-state index in [2.05, 4.69) is 111 Å². The Balaban J connectivity index is 1.25. The Morgan fingerprint density at radius 1 is 0.854 bits per heavy atom. The Kier molecular flexibility index (Phi) is 5.44. The van der Waals surface area contributed by atoms with E-state index in [1.165, 1.54) is 50.1 Å². The third-order valence-electron chi connectivity index (χ3n) is 9.80. The van der Waals surface area contributed by atoms with Gasteiger partial charge in [-0.15, -0.1) is 0 Å². The van der Waals surface area contributed by atoms with Gasteiger partial charge in [0.15, 0.2) is 5.82 Å². The van der Waals surface area contributed by atoms with Crippen LogP contribution in [0.3, 0.4) is 0 Å². The van der Waals surface area contributed by atoms with Crippen LogP contribution in [0.2, 0.25) is 0 Å². The van der Waals surface area contributed by atoms with Gasteiger partial charge in [0.25, 0.3) is 0 Å². The summed E-state index contributed by atoms with van der Waals surface area (Å²) in [5.41, 5.74) is 15.3. The molecule has 2 unspecified atom stereocenters. The van der Waals surface area contributed by atoms with E-state index in [0.29, 0.717) is 11.8 Å². The number of aromatic nitrogens is 2. The van der Waals surface area contributed by atoms with Crippen LogP contribution in [0, 0.1) is 5.92 Å². The summed E-state index contributed by atoms with van der Waals surface area (Å²) in [6.07, 6.45) is 23.0. The van der Waals surface area contributed by atoms with Gasteiger partial charge in [-0.25, -0.2) is 9.97 Å². The van der Waals surface area contributed by atoms with Crippen molar-refractivity contribution in [2.75, 3.05) is 0 Å². The molecule has 0 aliphatic heterocycles. The van der Waals surface area contributed by atoms with Gasteiger partial charge in [-0.1, -0.05) is 111 Å². The van der Waals surface area contributed by atoms with Crippen LogP contribution in [0.5, 0.6) is 0 Å². The molecular weight excluding hydrogens is 496 g/mol. The Labute approximate surface area is 243 Å². The number of benzene rings is 2. The van der Waals surface area contributed by atoms with Crippen LogP contribution in [-0.4, -0.2) is 9.97 Å². The second-order valence-electron chi connectivity index (χ2n) is 12.5. The summed E-state index contributed by atoms with van der Waals surface area (Å²) in [4.78, 5) is 10.2. The van der Waals surface area contributed by atoms with Gasteiger partial charge in [-0.05, 0) is 93.2 Å². The Morgan fingerprint density at radius 3 is 2.46 bits per heavy atom. The first-order valence-corrected chi connectivity index (χ1v) is 15.0. The smallest absolute Gasteiger partial charge is 0.160 e. The molecule has 2 heteroatoms. The van der Waals surface area contributed by atoms with Crippen LogP contribution >= 0.6 is 0 Å². The van der Waals surface area contributed by atoms with E-state index in [0.717, 1.165) is 48.5 Å². The largest absolute Gasteiger partial charge is 0.228 e. The zero-order valence-electron chi connectivity index (χ0n) is 23.8. The number of rotatable bonds is 3. The van der Waals surface area contributed by atoms with Crippen molar-refractivity contribution in [3.63, 3.8) is 0 Å². The summed E-state index contributed by atoms with van der Waals surface area (Å²) in [5.74, 6) is 1.49. The molecule has 1 aromatic heterocycles. The highest BCUT2D eigenvalue weighted by atomic mass is 14.9. The van der Waals surface area contributed by atoms with Crippen LogP contribution in [0.25, 0.3) is 33.7 Å². The van der Waals surface area contributed by atoms with Crippen molar-refractivity contribution in [2.45, 2.75) is 50.9 Å². The van der Waals surface area contributed by atoms with Crippen LogP contribution < -0.4 is 0 Å². The maximum atomic E-state index is 5.15. The zero-order valence-corrected chi connectivity index (χ0v) is 23.8. The van der Waals surface area contributed by atoms with Gasteiger partial charge in [0.2, 0.25) is 0 Å². The first-order valence-electron chi connectivity index (χ1n) is 15.0. The lowest BCUT2D eigenvalue weighted by Gasteiger charge is -2.31. The molecule has 0 fully saturated rings. The number of allylic oxidation sites excluding steroid dienone is 13. The molecule has 2 nitrogen and oxygen atoms in total. The van der Waals surface area contributed by atoms with Crippen LogP contribution in [-0.2, 0) is 5.41 Å². The molecule has 0 saturated heterocycles. The van der Waals surface area contributed by atoms with Crippen molar-refractivity contribution in [1.82, 2.24) is 9.97 Å². The quantitative estimate of drug-likeness (QED) is 0.337. The number of fused-ring (bicyclic) bond motifs is 6. The van der Waals surface area contributed by atoms with Crippen LogP contribution in [0.15, 0.2) is 109 Å². The fourth-order valence-corrected chi connectivity index (χ4v) is 7.68. The Morgan fingerprint density at radius 2 is 1.66 bits per heavy atom. The molecule has 41 heavy (non-hydrogen) atoms. The number of nitrogens with zero attached hydrogens (tertiary/aromatic N) is 2. The topological polar surface area (TPSA) is 25.8 Å². The summed E-state index contributed by atoms with van der Waals surface area (Å²) in [5, 5.41) is 0. The molecule has 0 spiro atoms. The van der Waals surface area contributed by atoms with E-state index >= 15 is 0 Å². The molecule has 0 bridgehead atoms. The average molecular weight is 531 g/mol. The van der Waals surface area contributed by atoms with Gasteiger partial charge in [-0.2, -0.15) is 0 Å². The molecule has 8 rings (SSSR count). The van der Waals surface area contributed by atoms with E-state index in [1.807, 2.05) is 6.07 Å². The summed E-state index contributed by atoms with van der Waals surface area (Å²) in [6.45, 7) is 9.36. The van der Waals surface area contributed by atoms with Gasteiger partial charge < -0.3 is 0 Å². The van der Waals surface area contributed by atoms with Crippen molar-refractivity contribution in [3.05, 3.63) is 143 Å². The molecule has 0 amide bonds. The molecule has 5 aliphatic rings. The highest BCUT2D eigenvalue weighted by molar-refractivity contribution is 6.03. The third-order valence-corrected chi connectivity index (χ3v) is 9.80. The van der Waals surface area contributed by atoms with Crippen LogP contribution in [0.1, 0.15) is 79.1 Å². The maximum Gasteiger partial charge on any atom is 0.160 e. The van der Waals surface area contributed by atoms with Gasteiger partial charge >= 0.3 is 0 Å². The van der Waals surface area contributed by atoms with Crippen molar-refractivity contribution < 1.29 is 0 Å². The lowest BCUT2D eigenvalue weighted by Crippen LogP contribution is -2.25. The predicted octanol–water partition coefficient (Wildman–Crippen LogP) is 9.65. The Hall–Kier alpha value is -4.30. The second-order valence-corrected chi connectivity index (χ2v) is 12.5. The minimum absolute atomic E-state index is 0.00689. The zero-order chi connectivity index (χ0) is 27.7. The van der Waals surface area contributed by atoms with E-state index in [9.17, 15) is 0 Å². The highest BCUT2D eigenvalue weighted by Crippen LogP contribution is 2.59. The molecular formula is C39H34N2. The molecule has 1 heterocycles. The first kappa shape index (κ1) is 24.5. The van der Waals surface area contributed by atoms with Gasteiger partial charge in [0.05, 0.1) is 11.4 Å². The summed E-state index contributed by atoms with van der Waals surface area (Å²) in [6, 6.07) is 17.3. The number of hydrogen-bond acceptors (Lipinski definition) is 2. The summed E-state index contributed by atoms with van der Waals surface area (Å²) in [7, 11) is 0. The molecule has 2 atom stereocenters. The van der Waals surface area contributed by atoms with E-state index in [1.54, 1.807) is 0 Å². The Bertz CT molecular complexity index is 1820. The van der Waals surface area contributed by atoms with E-state index in [4.69, 9.17) is 9.97 Å². The first-order chi connectivity index (χ1) is 20.0. The molecule has 200 valence electrons. The minimum Gasteiger partial charge on any atom is -0.228 e. The minimum atomic E-state index is 0.00689. The lowest BCUT2D eigenvalue weighted by atomic mass is 9.73. The highest BCUT2D eigenvalue weighted by Gasteiger charge is 2.48. The molecule has 0 saturated carbocycles. The fourth-order valence-electron chi connectivity index (χ4n) is 7.68. The van der Waals surface area contributed by atoms with Gasteiger partial charge in [0, 0.05) is 11.5 Å². The SMILES string of the molecule is C=C1C2=C(CCC=C2)c2c1ccc1c2C2C=CC(c3cc(C4=CCCC=C4)nc(-c4ccccc4)n3)=CC2C1(C)C. The molecule has 3 aromatic rings. The lowest BCUT2D eigenvalue weighted by molar-refractivity contribution is 0.395. The van der Waals surface area contributed by atoms with Gasteiger partial charge in [-0.3, -0.25) is 0 Å². The van der Waals surface area contributed by atoms with Gasteiger partial charge in [0.1, 0.15) is 0 Å². The molecule has 0 radical (unpaired) electrons. The molecule has 2 aromatic carbocycles. The van der Waals surface area contributed by atoms with Crippen LogP contribution in [0.4, 0.5) is 0 Å². The summed E-state index contributed by atoms with van der Waals surface area (Å²) < 4.78 is 0. The van der Waals surface area contributed by atoms with E-state index < -0.39 is 0 Å². The van der Waals surface area contributed by atoms with Crippen molar-refractivity contribution in [3.8, 4) is 11.4 Å². The maximum absolute atomic E-state index is 5.15. The standard InChI is InChI=1S/C39H34N2/c1-24-28-16-10-11-17-30(28)36-29(24)20-21-32-37(36)31-19-18-27(22-33(31)39(32,2)3)35-23-34(25-12-6-4-7-13-25)40-38(41-35)26-14-8-5-9-15-26/h5-6,8-10,12-16,18-23,31,33H,1,4,7,11,17H2,2-3H3. The second kappa shape index (κ2) is 9.11. The normalized spacial score (nSPS) is 23.1. The molecule has 0 N–H and O–H groups in total.